The highest BCUT2D eigenvalue weighted by atomic mass is 35.5. The van der Waals surface area contributed by atoms with Crippen LogP contribution in [0.2, 0.25) is 5.02 Å². The number of carbonyl (C=O) groups excluding carboxylic acids is 2. The molecule has 0 spiro atoms. The Morgan fingerprint density at radius 1 is 1.24 bits per heavy atom. The number of carbonyl (C=O) groups is 2. The first kappa shape index (κ1) is 17.9. The Labute approximate surface area is 156 Å². The molecule has 132 valence electrons. The zero-order chi connectivity index (χ0) is 18.0. The van der Waals surface area contributed by atoms with Gasteiger partial charge < -0.3 is 5.32 Å². The van der Waals surface area contributed by atoms with Crippen LogP contribution in [0, 0.1) is 0 Å². The largest absolute Gasteiger partial charge is 0.325 e. The molecule has 2 aromatic rings. The number of thiazole rings is 1. The molecule has 1 atom stereocenters. The summed E-state index contributed by atoms with van der Waals surface area (Å²) in [6.07, 6.45) is 2.40. The third-order valence-electron chi connectivity index (χ3n) is 4.43. The number of nitrogens with one attached hydrogen (secondary N) is 1. The van der Waals surface area contributed by atoms with Crippen molar-refractivity contribution in [1.29, 1.82) is 0 Å². The van der Waals surface area contributed by atoms with Gasteiger partial charge in [-0.1, -0.05) is 37.6 Å². The minimum atomic E-state index is -1.04. The fraction of sp³-hybridized carbons (Fsp3) is 0.389. The Morgan fingerprint density at radius 2 is 1.96 bits per heavy atom. The molecule has 7 heteroatoms. The van der Waals surface area contributed by atoms with Crippen molar-refractivity contribution >= 4 is 34.9 Å². The third-order valence-corrected chi connectivity index (χ3v) is 5.64. The summed E-state index contributed by atoms with van der Waals surface area (Å²) in [5, 5.41) is 6.42. The Morgan fingerprint density at radius 3 is 2.60 bits per heavy atom. The number of rotatable bonds is 6. The van der Waals surface area contributed by atoms with Crippen LogP contribution in [0.25, 0.3) is 0 Å². The summed E-state index contributed by atoms with van der Waals surface area (Å²) in [6, 6.07) is 6.65. The SMILES string of the molecule is CCCc1nc(CN2C(=O)N[C@@](CC)(c3ccc(Cl)cc3)C2=O)cs1. The number of hydrogen-bond donors (Lipinski definition) is 1. The normalized spacial score (nSPS) is 20.2. The number of aryl methyl sites for hydroxylation is 1. The molecule has 1 fully saturated rings. The first-order chi connectivity index (χ1) is 12.0. The maximum Gasteiger partial charge on any atom is 0.325 e. The molecule has 0 aliphatic carbocycles. The maximum absolute atomic E-state index is 13.1. The van der Waals surface area contributed by atoms with Gasteiger partial charge in [-0.05, 0) is 37.0 Å². The van der Waals surface area contributed by atoms with Crippen molar-refractivity contribution < 1.29 is 9.59 Å². The van der Waals surface area contributed by atoms with Gasteiger partial charge in [0.15, 0.2) is 0 Å². The first-order valence-electron chi connectivity index (χ1n) is 8.33. The zero-order valence-electron chi connectivity index (χ0n) is 14.2. The van der Waals surface area contributed by atoms with Gasteiger partial charge in [0.05, 0.1) is 17.2 Å². The molecular formula is C18H20ClN3O2S. The van der Waals surface area contributed by atoms with Gasteiger partial charge in [0.1, 0.15) is 5.54 Å². The molecule has 25 heavy (non-hydrogen) atoms. The molecule has 1 aromatic carbocycles. The van der Waals surface area contributed by atoms with Crippen LogP contribution >= 0.6 is 22.9 Å². The van der Waals surface area contributed by atoms with Gasteiger partial charge in [0.2, 0.25) is 0 Å². The monoisotopic (exact) mass is 377 g/mol. The lowest BCUT2D eigenvalue weighted by molar-refractivity contribution is -0.132. The smallest absolute Gasteiger partial charge is 0.319 e. The van der Waals surface area contributed by atoms with Gasteiger partial charge in [-0.15, -0.1) is 11.3 Å². The lowest BCUT2D eigenvalue weighted by atomic mass is 9.87. The van der Waals surface area contributed by atoms with Crippen LogP contribution in [-0.2, 0) is 23.3 Å². The molecule has 0 radical (unpaired) electrons. The van der Waals surface area contributed by atoms with Crippen LogP contribution in [-0.4, -0.2) is 21.8 Å². The van der Waals surface area contributed by atoms with E-state index in [1.165, 1.54) is 4.90 Å². The van der Waals surface area contributed by atoms with Crippen molar-refractivity contribution in [2.75, 3.05) is 0 Å². The summed E-state index contributed by atoms with van der Waals surface area (Å²) >= 11 is 7.51. The highest BCUT2D eigenvalue weighted by Gasteiger charge is 2.51. The minimum absolute atomic E-state index is 0.195. The Kier molecular flexibility index (Phi) is 5.11. The van der Waals surface area contributed by atoms with E-state index >= 15 is 0 Å². The molecule has 0 saturated carbocycles. The van der Waals surface area contributed by atoms with Crippen molar-refractivity contribution in [2.45, 2.75) is 45.2 Å². The van der Waals surface area contributed by atoms with Crippen molar-refractivity contribution in [3.63, 3.8) is 0 Å². The van der Waals surface area contributed by atoms with E-state index in [-0.39, 0.29) is 18.5 Å². The van der Waals surface area contributed by atoms with E-state index in [1.54, 1.807) is 35.6 Å². The summed E-state index contributed by atoms with van der Waals surface area (Å²) in [7, 11) is 0. The average Bonchev–Trinajstić information content (AvgIpc) is 3.14. The maximum atomic E-state index is 13.1. The van der Waals surface area contributed by atoms with Gasteiger partial charge in [-0.2, -0.15) is 0 Å². The van der Waals surface area contributed by atoms with Crippen LogP contribution in [0.15, 0.2) is 29.6 Å². The molecule has 2 heterocycles. The third kappa shape index (κ3) is 3.28. The second-order valence-electron chi connectivity index (χ2n) is 6.07. The van der Waals surface area contributed by atoms with Crippen molar-refractivity contribution in [2.24, 2.45) is 0 Å². The fourth-order valence-electron chi connectivity index (χ4n) is 3.06. The molecule has 0 unspecified atom stereocenters. The van der Waals surface area contributed by atoms with E-state index in [0.29, 0.717) is 11.4 Å². The molecule has 0 bridgehead atoms. The molecular weight excluding hydrogens is 358 g/mol. The minimum Gasteiger partial charge on any atom is -0.319 e. The first-order valence-corrected chi connectivity index (χ1v) is 9.59. The van der Waals surface area contributed by atoms with E-state index in [2.05, 4.69) is 17.2 Å². The van der Waals surface area contributed by atoms with Crippen LogP contribution in [0.1, 0.15) is 43.0 Å². The highest BCUT2D eigenvalue weighted by Crippen LogP contribution is 2.33. The van der Waals surface area contributed by atoms with Crippen LogP contribution in [0.5, 0.6) is 0 Å². The predicted octanol–water partition coefficient (Wildman–Crippen LogP) is 4.11. The summed E-state index contributed by atoms with van der Waals surface area (Å²) < 4.78 is 0. The number of halogens is 1. The number of imide groups is 1. The van der Waals surface area contributed by atoms with Gasteiger partial charge in [0.25, 0.3) is 5.91 Å². The Bertz CT molecular complexity index is 790. The van der Waals surface area contributed by atoms with E-state index in [9.17, 15) is 9.59 Å². The molecule has 1 saturated heterocycles. The van der Waals surface area contributed by atoms with Crippen molar-refractivity contribution in [1.82, 2.24) is 15.2 Å². The zero-order valence-corrected chi connectivity index (χ0v) is 15.8. The van der Waals surface area contributed by atoms with Gasteiger partial charge in [0, 0.05) is 10.4 Å². The molecule has 1 aliphatic rings. The van der Waals surface area contributed by atoms with Crippen LogP contribution in [0.4, 0.5) is 4.79 Å². The lowest BCUT2D eigenvalue weighted by Crippen LogP contribution is -2.43. The number of urea groups is 1. The Hall–Kier alpha value is -1.92. The number of hydrogen-bond acceptors (Lipinski definition) is 4. The summed E-state index contributed by atoms with van der Waals surface area (Å²) in [5.74, 6) is -0.243. The second-order valence-corrected chi connectivity index (χ2v) is 7.45. The number of amides is 3. The molecule has 5 nitrogen and oxygen atoms in total. The molecule has 1 N–H and O–H groups in total. The highest BCUT2D eigenvalue weighted by molar-refractivity contribution is 7.09. The van der Waals surface area contributed by atoms with Crippen LogP contribution in [0.3, 0.4) is 0 Å². The molecule has 1 aromatic heterocycles. The molecule has 3 rings (SSSR count). The second kappa shape index (κ2) is 7.14. The topological polar surface area (TPSA) is 62.3 Å². The van der Waals surface area contributed by atoms with Crippen LogP contribution < -0.4 is 5.32 Å². The van der Waals surface area contributed by atoms with Crippen molar-refractivity contribution in [3.8, 4) is 0 Å². The van der Waals surface area contributed by atoms with Gasteiger partial charge in [-0.25, -0.2) is 9.78 Å². The number of benzene rings is 1. The summed E-state index contributed by atoms with van der Waals surface area (Å²) in [5.41, 5.74) is 0.453. The van der Waals surface area contributed by atoms with E-state index < -0.39 is 5.54 Å². The van der Waals surface area contributed by atoms with E-state index in [4.69, 9.17) is 11.6 Å². The summed E-state index contributed by atoms with van der Waals surface area (Å²) in [4.78, 5) is 31.3. The quantitative estimate of drug-likeness (QED) is 0.770. The van der Waals surface area contributed by atoms with Gasteiger partial charge >= 0.3 is 6.03 Å². The summed E-state index contributed by atoms with van der Waals surface area (Å²) in [6.45, 7) is 4.18. The van der Waals surface area contributed by atoms with E-state index in [0.717, 1.165) is 29.1 Å². The van der Waals surface area contributed by atoms with E-state index in [1.807, 2.05) is 12.3 Å². The predicted molar refractivity (Wildman–Crippen MR) is 98.6 cm³/mol. The average molecular weight is 378 g/mol. The lowest BCUT2D eigenvalue weighted by Gasteiger charge is -2.25. The Balaban J connectivity index is 1.86. The van der Waals surface area contributed by atoms with Gasteiger partial charge in [-0.3, -0.25) is 9.69 Å². The fourth-order valence-corrected chi connectivity index (χ4v) is 4.07. The number of aromatic nitrogens is 1. The number of nitrogens with zero attached hydrogens (tertiary/aromatic N) is 2. The molecule has 3 amide bonds. The molecule has 1 aliphatic heterocycles. The standard InChI is InChI=1S/C18H20ClN3O2S/c1-3-5-15-20-14(11-25-15)10-22-16(23)18(4-2,21-17(22)24)12-6-8-13(19)9-7-12/h6-9,11H,3-5,10H2,1-2H3,(H,21,24)/t18-/m0/s1. The van der Waals surface area contributed by atoms with Crippen molar-refractivity contribution in [3.05, 3.63) is 50.9 Å².